The summed E-state index contributed by atoms with van der Waals surface area (Å²) in [6.07, 6.45) is 5.28. The molecule has 1 saturated carbocycles. The lowest BCUT2D eigenvalue weighted by Gasteiger charge is -2.23. The van der Waals surface area contributed by atoms with Gasteiger partial charge in [-0.25, -0.2) is 4.98 Å². The minimum atomic E-state index is -0.0621. The number of nitrogen functional groups attached to an aromatic ring is 1. The number of nitrogens with one attached hydrogen (secondary N) is 1. The van der Waals surface area contributed by atoms with Crippen LogP contribution in [-0.4, -0.2) is 24.1 Å². The van der Waals surface area contributed by atoms with Gasteiger partial charge in [0.1, 0.15) is 5.82 Å². The van der Waals surface area contributed by atoms with Crippen LogP contribution in [0.3, 0.4) is 0 Å². The van der Waals surface area contributed by atoms with Crippen LogP contribution >= 0.6 is 11.3 Å². The Morgan fingerprint density at radius 1 is 1.28 bits per heavy atom. The predicted octanol–water partition coefficient (Wildman–Crippen LogP) is 3.53. The van der Waals surface area contributed by atoms with Crippen LogP contribution in [0.25, 0.3) is 0 Å². The number of methoxy groups -OCH3 is 1. The van der Waals surface area contributed by atoms with E-state index in [1.165, 1.54) is 24.2 Å². The van der Waals surface area contributed by atoms with Gasteiger partial charge < -0.3 is 20.5 Å². The number of aromatic nitrogens is 1. The molecule has 0 radical (unpaired) electrons. The van der Waals surface area contributed by atoms with Crippen molar-refractivity contribution in [3.63, 3.8) is 0 Å². The number of amides is 1. The standard InChI is InChI=1S/C18H21N3O3S/c1-23-14-8-10(6-7-13(14)24-11-4-2-3-5-11)12-9-15(22)20-17-16(12)25-18(19)21-17/h6-8,11-12H,2-5,9H2,1H3,(H2,19,21)(H,20,22). The second-order valence-corrected chi connectivity index (χ2v) is 7.57. The van der Waals surface area contributed by atoms with Crippen molar-refractivity contribution >= 4 is 28.2 Å². The van der Waals surface area contributed by atoms with Crippen molar-refractivity contribution in [2.75, 3.05) is 18.2 Å². The number of fused-ring (bicyclic) bond motifs is 1. The zero-order valence-electron chi connectivity index (χ0n) is 14.1. The van der Waals surface area contributed by atoms with E-state index in [1.807, 2.05) is 18.2 Å². The van der Waals surface area contributed by atoms with Crippen LogP contribution in [0, 0.1) is 0 Å². The largest absolute Gasteiger partial charge is 0.493 e. The number of benzene rings is 1. The SMILES string of the molecule is COc1cc(C2CC(=O)Nc3nc(N)sc32)ccc1OC1CCCC1. The molecular formula is C18H21N3O3S. The number of hydrogen-bond acceptors (Lipinski definition) is 6. The van der Waals surface area contributed by atoms with E-state index in [0.717, 1.165) is 29.0 Å². The third kappa shape index (κ3) is 3.16. The van der Waals surface area contributed by atoms with Crippen LogP contribution < -0.4 is 20.5 Å². The smallest absolute Gasteiger partial charge is 0.226 e. The van der Waals surface area contributed by atoms with Crippen LogP contribution in [-0.2, 0) is 4.79 Å². The van der Waals surface area contributed by atoms with Crippen molar-refractivity contribution in [1.82, 2.24) is 4.98 Å². The molecule has 2 aliphatic rings. The number of thiazole rings is 1. The Balaban J connectivity index is 1.65. The monoisotopic (exact) mass is 359 g/mol. The van der Waals surface area contributed by atoms with Gasteiger partial charge >= 0.3 is 0 Å². The third-order valence-corrected chi connectivity index (χ3v) is 5.82. The highest BCUT2D eigenvalue weighted by molar-refractivity contribution is 7.16. The lowest BCUT2D eigenvalue weighted by molar-refractivity contribution is -0.116. The van der Waals surface area contributed by atoms with Gasteiger partial charge in [0.15, 0.2) is 16.6 Å². The second-order valence-electron chi connectivity index (χ2n) is 6.50. The van der Waals surface area contributed by atoms with Crippen molar-refractivity contribution < 1.29 is 14.3 Å². The van der Waals surface area contributed by atoms with Crippen LogP contribution in [0.1, 0.15) is 48.5 Å². The number of nitrogens with two attached hydrogens (primary N) is 1. The normalized spacial score (nSPS) is 20.2. The number of ether oxygens (including phenoxy) is 2. The van der Waals surface area contributed by atoms with Crippen LogP contribution in [0.2, 0.25) is 0 Å². The molecule has 1 aromatic heterocycles. The second kappa shape index (κ2) is 6.55. The van der Waals surface area contributed by atoms with E-state index < -0.39 is 0 Å². The highest BCUT2D eigenvalue weighted by atomic mass is 32.1. The average Bonchev–Trinajstić information content (AvgIpc) is 3.23. The zero-order valence-corrected chi connectivity index (χ0v) is 14.9. The lowest BCUT2D eigenvalue weighted by atomic mass is 9.91. The molecule has 25 heavy (non-hydrogen) atoms. The Hall–Kier alpha value is -2.28. The molecular weight excluding hydrogens is 338 g/mol. The van der Waals surface area contributed by atoms with Crippen LogP contribution in [0.5, 0.6) is 11.5 Å². The van der Waals surface area contributed by atoms with E-state index in [4.69, 9.17) is 15.2 Å². The van der Waals surface area contributed by atoms with E-state index in [-0.39, 0.29) is 17.9 Å². The number of carbonyl (C=O) groups excluding carboxylic acids is 1. The summed E-state index contributed by atoms with van der Waals surface area (Å²) in [4.78, 5) is 17.2. The van der Waals surface area contributed by atoms with Gasteiger partial charge in [0.25, 0.3) is 0 Å². The van der Waals surface area contributed by atoms with E-state index in [2.05, 4.69) is 10.3 Å². The first-order chi connectivity index (χ1) is 12.1. The summed E-state index contributed by atoms with van der Waals surface area (Å²) in [6, 6.07) is 5.92. The summed E-state index contributed by atoms with van der Waals surface area (Å²) in [5.41, 5.74) is 6.84. The minimum Gasteiger partial charge on any atom is -0.493 e. The molecule has 1 aromatic carbocycles. The Bertz CT molecular complexity index is 799. The molecule has 6 nitrogen and oxygen atoms in total. The van der Waals surface area contributed by atoms with Crippen molar-refractivity contribution in [2.45, 2.75) is 44.1 Å². The summed E-state index contributed by atoms with van der Waals surface area (Å²) in [5.74, 6) is 1.94. The first kappa shape index (κ1) is 16.2. The summed E-state index contributed by atoms with van der Waals surface area (Å²) in [5, 5.41) is 3.26. The van der Waals surface area contributed by atoms with Gasteiger partial charge in [-0.15, -0.1) is 0 Å². The Labute approximate surface area is 150 Å². The Morgan fingerprint density at radius 3 is 2.84 bits per heavy atom. The number of nitrogens with zero attached hydrogens (tertiary/aromatic N) is 1. The van der Waals surface area contributed by atoms with Gasteiger partial charge in [0.05, 0.1) is 18.1 Å². The van der Waals surface area contributed by atoms with E-state index >= 15 is 0 Å². The molecule has 1 aliphatic heterocycles. The zero-order chi connectivity index (χ0) is 17.4. The summed E-state index contributed by atoms with van der Waals surface area (Å²) in [7, 11) is 1.64. The summed E-state index contributed by atoms with van der Waals surface area (Å²) >= 11 is 1.42. The van der Waals surface area contributed by atoms with Gasteiger partial charge in [-0.2, -0.15) is 0 Å². The predicted molar refractivity (Wildman–Crippen MR) is 97.5 cm³/mol. The minimum absolute atomic E-state index is 0.0481. The number of anilines is 2. The molecule has 0 saturated heterocycles. The molecule has 7 heteroatoms. The Morgan fingerprint density at radius 2 is 2.08 bits per heavy atom. The van der Waals surface area contributed by atoms with Gasteiger partial charge in [-0.05, 0) is 43.4 Å². The first-order valence-corrected chi connectivity index (χ1v) is 9.36. The van der Waals surface area contributed by atoms with Crippen molar-refractivity contribution in [1.29, 1.82) is 0 Å². The van der Waals surface area contributed by atoms with Crippen LogP contribution in [0.4, 0.5) is 10.9 Å². The van der Waals surface area contributed by atoms with Gasteiger partial charge in [0, 0.05) is 12.3 Å². The maximum absolute atomic E-state index is 12.0. The third-order valence-electron chi connectivity index (χ3n) is 4.82. The van der Waals surface area contributed by atoms with E-state index in [0.29, 0.717) is 23.1 Å². The maximum Gasteiger partial charge on any atom is 0.226 e. The fraction of sp³-hybridized carbons (Fsp3) is 0.444. The Kier molecular flexibility index (Phi) is 4.25. The quantitative estimate of drug-likeness (QED) is 0.872. The number of hydrogen-bond donors (Lipinski definition) is 2. The molecule has 0 spiro atoms. The van der Waals surface area contributed by atoms with Crippen LogP contribution in [0.15, 0.2) is 18.2 Å². The molecule has 132 valence electrons. The molecule has 1 aliphatic carbocycles. The molecule has 1 fully saturated rings. The molecule has 2 aromatic rings. The molecule has 1 unspecified atom stereocenters. The lowest BCUT2D eigenvalue weighted by Crippen LogP contribution is -2.22. The van der Waals surface area contributed by atoms with Gasteiger partial charge in [-0.1, -0.05) is 17.4 Å². The van der Waals surface area contributed by atoms with Gasteiger partial charge in [0.2, 0.25) is 5.91 Å². The van der Waals surface area contributed by atoms with Crippen molar-refractivity contribution in [2.24, 2.45) is 0 Å². The molecule has 0 bridgehead atoms. The van der Waals surface area contributed by atoms with E-state index in [1.54, 1.807) is 7.11 Å². The summed E-state index contributed by atoms with van der Waals surface area (Å²) in [6.45, 7) is 0. The van der Waals surface area contributed by atoms with Crippen molar-refractivity contribution in [3.8, 4) is 11.5 Å². The fourth-order valence-corrected chi connectivity index (χ4v) is 4.51. The first-order valence-electron chi connectivity index (χ1n) is 8.54. The summed E-state index contributed by atoms with van der Waals surface area (Å²) < 4.78 is 11.6. The average molecular weight is 359 g/mol. The van der Waals surface area contributed by atoms with Gasteiger partial charge in [-0.3, -0.25) is 4.79 Å². The molecule has 4 rings (SSSR count). The fourth-order valence-electron chi connectivity index (χ4n) is 3.59. The molecule has 1 amide bonds. The topological polar surface area (TPSA) is 86.5 Å². The van der Waals surface area contributed by atoms with E-state index in [9.17, 15) is 4.79 Å². The van der Waals surface area contributed by atoms with Crippen molar-refractivity contribution in [3.05, 3.63) is 28.6 Å². The number of rotatable bonds is 4. The number of carbonyl (C=O) groups is 1. The highest BCUT2D eigenvalue weighted by Crippen LogP contribution is 2.43. The molecule has 1 atom stereocenters. The molecule has 2 heterocycles. The highest BCUT2D eigenvalue weighted by Gasteiger charge is 2.30. The molecule has 3 N–H and O–H groups in total. The maximum atomic E-state index is 12.0.